The second-order valence-corrected chi connectivity index (χ2v) is 6.97. The summed E-state index contributed by atoms with van der Waals surface area (Å²) < 4.78 is 0. The van der Waals surface area contributed by atoms with Gasteiger partial charge in [0.05, 0.1) is 23.4 Å². The number of carbonyl (C=O) groups is 1. The fourth-order valence-corrected chi connectivity index (χ4v) is 3.81. The van der Waals surface area contributed by atoms with Crippen LogP contribution in [0, 0.1) is 5.92 Å². The molecule has 6 heteroatoms. The van der Waals surface area contributed by atoms with Crippen molar-refractivity contribution in [2.45, 2.75) is 44.2 Å². The average molecular weight is 338 g/mol. The maximum absolute atomic E-state index is 11.9. The Morgan fingerprint density at radius 2 is 2.16 bits per heavy atom. The molecule has 0 saturated heterocycles. The zero-order valence-corrected chi connectivity index (χ0v) is 14.0. The molecule has 25 heavy (non-hydrogen) atoms. The molecule has 6 nitrogen and oxygen atoms in total. The van der Waals surface area contributed by atoms with Crippen LogP contribution in [0.4, 0.5) is 5.82 Å². The molecule has 2 aromatic heterocycles. The van der Waals surface area contributed by atoms with E-state index >= 15 is 0 Å². The first-order valence-electron chi connectivity index (χ1n) is 8.80. The van der Waals surface area contributed by atoms with E-state index < -0.39 is 5.91 Å². The fraction of sp³-hybridized carbons (Fsp3) is 0.421. The smallest absolute Gasteiger partial charge is 0.252 e. The van der Waals surface area contributed by atoms with E-state index in [0.717, 1.165) is 36.2 Å². The molecule has 1 atom stereocenters. The summed E-state index contributed by atoms with van der Waals surface area (Å²) in [5.41, 5.74) is 9.07. The second-order valence-electron chi connectivity index (χ2n) is 6.97. The summed E-state index contributed by atoms with van der Waals surface area (Å²) in [5.74, 6) is 0.309. The maximum Gasteiger partial charge on any atom is 0.252 e. The first-order valence-corrected chi connectivity index (χ1v) is 8.80. The number of nitrogens with two attached hydrogens (primary N) is 1. The third-order valence-corrected chi connectivity index (χ3v) is 5.24. The topological polar surface area (TPSA) is 101 Å². The molecule has 1 amide bonds. The minimum absolute atomic E-state index is 0.102. The molecule has 2 aromatic rings. The minimum atomic E-state index is -0.474. The summed E-state index contributed by atoms with van der Waals surface area (Å²) in [6.07, 6.45) is 5.85. The molecule has 130 valence electrons. The lowest BCUT2D eigenvalue weighted by atomic mass is 9.76. The molecule has 0 spiro atoms. The molecule has 2 aliphatic carbocycles. The van der Waals surface area contributed by atoms with Crippen LogP contribution in [0.25, 0.3) is 0 Å². The Labute approximate surface area is 146 Å². The zero-order chi connectivity index (χ0) is 17.4. The summed E-state index contributed by atoms with van der Waals surface area (Å²) in [4.78, 5) is 21.1. The molecule has 2 heterocycles. The number of hydrogen-bond donors (Lipinski definition) is 3. The van der Waals surface area contributed by atoms with Crippen molar-refractivity contribution in [3.63, 3.8) is 0 Å². The van der Waals surface area contributed by atoms with Gasteiger partial charge in [-0.05, 0) is 61.8 Å². The molecule has 0 bridgehead atoms. The van der Waals surface area contributed by atoms with Gasteiger partial charge < -0.3 is 16.2 Å². The van der Waals surface area contributed by atoms with Crippen LogP contribution in [-0.4, -0.2) is 27.1 Å². The molecular weight excluding hydrogens is 316 g/mol. The lowest BCUT2D eigenvalue weighted by Gasteiger charge is -2.38. The Balaban J connectivity index is 1.69. The fourth-order valence-electron chi connectivity index (χ4n) is 3.81. The number of pyridine rings is 2. The van der Waals surface area contributed by atoms with E-state index in [1.165, 1.54) is 0 Å². The molecule has 4 N–H and O–H groups in total. The van der Waals surface area contributed by atoms with Crippen molar-refractivity contribution in [1.29, 1.82) is 0 Å². The van der Waals surface area contributed by atoms with Crippen molar-refractivity contribution in [3.8, 4) is 0 Å². The number of fused-ring (bicyclic) bond motifs is 1. The van der Waals surface area contributed by atoms with Gasteiger partial charge in [-0.3, -0.25) is 9.78 Å². The lowest BCUT2D eigenvalue weighted by molar-refractivity contribution is 0.0333. The second kappa shape index (κ2) is 6.44. The number of hydrogen-bond acceptors (Lipinski definition) is 5. The molecule has 0 aliphatic heterocycles. The molecule has 0 radical (unpaired) electrons. The van der Waals surface area contributed by atoms with Crippen LogP contribution < -0.4 is 11.1 Å². The van der Waals surface area contributed by atoms with Crippen LogP contribution >= 0.6 is 0 Å². The number of anilines is 1. The molecule has 1 saturated carbocycles. The van der Waals surface area contributed by atoms with Gasteiger partial charge in [-0.2, -0.15) is 0 Å². The van der Waals surface area contributed by atoms with Gasteiger partial charge in [0.25, 0.3) is 5.91 Å². The highest BCUT2D eigenvalue weighted by molar-refractivity contribution is 5.98. The highest BCUT2D eigenvalue weighted by atomic mass is 16.3. The van der Waals surface area contributed by atoms with E-state index in [2.05, 4.69) is 10.3 Å². The summed E-state index contributed by atoms with van der Waals surface area (Å²) in [6, 6.07) is 7.55. The third-order valence-electron chi connectivity index (χ3n) is 5.24. The molecule has 1 fully saturated rings. The number of aryl methyl sites for hydroxylation is 2. The standard InChI is InChI=1S/C19H22N4O2/c20-18(25)14-10-11-4-3-6-15(11)22-19(14)23-17(12-8-13(24)9-12)16-5-1-2-7-21-16/h1-2,5,7,10,12-13,17,24H,3-4,6,8-9H2,(H2,20,25)(H,22,23)/t12?,13?,17-/m0/s1. The molecule has 2 aliphatic rings. The molecule has 0 unspecified atom stereocenters. The summed E-state index contributed by atoms with van der Waals surface area (Å²) >= 11 is 0. The normalized spacial score (nSPS) is 22.8. The van der Waals surface area contributed by atoms with Crippen molar-refractivity contribution in [3.05, 3.63) is 53.0 Å². The highest BCUT2D eigenvalue weighted by Crippen LogP contribution is 2.40. The van der Waals surface area contributed by atoms with Crippen LogP contribution in [0.1, 0.15) is 52.6 Å². The Morgan fingerprint density at radius 3 is 2.84 bits per heavy atom. The number of aromatic nitrogens is 2. The number of rotatable bonds is 5. The number of aliphatic hydroxyl groups is 1. The Morgan fingerprint density at radius 1 is 1.32 bits per heavy atom. The largest absolute Gasteiger partial charge is 0.393 e. The van der Waals surface area contributed by atoms with Crippen molar-refractivity contribution in [2.75, 3.05) is 5.32 Å². The minimum Gasteiger partial charge on any atom is -0.393 e. The van der Waals surface area contributed by atoms with E-state index in [4.69, 9.17) is 10.7 Å². The van der Waals surface area contributed by atoms with Crippen LogP contribution in [0.5, 0.6) is 0 Å². The molecule has 4 rings (SSSR count). The Kier molecular flexibility index (Phi) is 4.13. The van der Waals surface area contributed by atoms with E-state index in [1.807, 2.05) is 24.3 Å². The first kappa shape index (κ1) is 16.0. The highest BCUT2D eigenvalue weighted by Gasteiger charge is 2.36. The van der Waals surface area contributed by atoms with Crippen molar-refractivity contribution < 1.29 is 9.90 Å². The van der Waals surface area contributed by atoms with Crippen LogP contribution in [0.15, 0.2) is 30.5 Å². The number of nitrogens with one attached hydrogen (secondary N) is 1. The van der Waals surface area contributed by atoms with Crippen LogP contribution in [-0.2, 0) is 12.8 Å². The van der Waals surface area contributed by atoms with E-state index in [0.29, 0.717) is 24.2 Å². The molecular formula is C19H22N4O2. The van der Waals surface area contributed by atoms with Crippen molar-refractivity contribution in [2.24, 2.45) is 11.7 Å². The number of primary amides is 1. The van der Waals surface area contributed by atoms with Gasteiger partial charge in [0.2, 0.25) is 0 Å². The van der Waals surface area contributed by atoms with Gasteiger partial charge in [-0.15, -0.1) is 0 Å². The van der Waals surface area contributed by atoms with Crippen LogP contribution in [0.2, 0.25) is 0 Å². The first-order chi connectivity index (χ1) is 12.1. The van der Waals surface area contributed by atoms with Gasteiger partial charge in [0.1, 0.15) is 5.82 Å². The van der Waals surface area contributed by atoms with Gasteiger partial charge in [-0.25, -0.2) is 4.98 Å². The predicted molar refractivity (Wildman–Crippen MR) is 94.1 cm³/mol. The van der Waals surface area contributed by atoms with E-state index in [-0.39, 0.29) is 18.1 Å². The summed E-state index contributed by atoms with van der Waals surface area (Å²) in [6.45, 7) is 0. The number of amides is 1. The lowest BCUT2D eigenvalue weighted by Crippen LogP contribution is -2.37. The van der Waals surface area contributed by atoms with Crippen LogP contribution in [0.3, 0.4) is 0 Å². The average Bonchev–Trinajstić information content (AvgIpc) is 3.04. The summed E-state index contributed by atoms with van der Waals surface area (Å²) in [7, 11) is 0. The third kappa shape index (κ3) is 3.09. The number of aliphatic hydroxyl groups excluding tert-OH is 1. The van der Waals surface area contributed by atoms with Crippen molar-refractivity contribution in [1.82, 2.24) is 9.97 Å². The zero-order valence-electron chi connectivity index (χ0n) is 14.0. The Bertz CT molecular complexity index is 788. The van der Waals surface area contributed by atoms with E-state index in [9.17, 15) is 9.90 Å². The monoisotopic (exact) mass is 338 g/mol. The van der Waals surface area contributed by atoms with Gasteiger partial charge >= 0.3 is 0 Å². The van der Waals surface area contributed by atoms with Gasteiger partial charge in [0.15, 0.2) is 0 Å². The van der Waals surface area contributed by atoms with Gasteiger partial charge in [-0.1, -0.05) is 6.07 Å². The molecule has 0 aromatic carbocycles. The quantitative estimate of drug-likeness (QED) is 0.774. The maximum atomic E-state index is 11.9. The summed E-state index contributed by atoms with van der Waals surface area (Å²) in [5, 5.41) is 13.1. The predicted octanol–water partition coefficient (Wildman–Crippen LogP) is 1.99. The van der Waals surface area contributed by atoms with Gasteiger partial charge in [0, 0.05) is 11.9 Å². The number of carbonyl (C=O) groups excluding carboxylic acids is 1. The van der Waals surface area contributed by atoms with E-state index in [1.54, 1.807) is 6.20 Å². The number of nitrogens with zero attached hydrogens (tertiary/aromatic N) is 2. The SMILES string of the molecule is NC(=O)c1cc2c(nc1N[C@H](c1ccccn1)C1CC(O)C1)CCC2. The Hall–Kier alpha value is -2.47. The van der Waals surface area contributed by atoms with Crippen molar-refractivity contribution >= 4 is 11.7 Å².